The maximum atomic E-state index is 10.7. The van der Waals surface area contributed by atoms with Crippen LogP contribution in [0.25, 0.3) is 0 Å². The van der Waals surface area contributed by atoms with Gasteiger partial charge in [0.2, 0.25) is 0 Å². The van der Waals surface area contributed by atoms with Crippen LogP contribution in [-0.2, 0) is 4.79 Å². The first-order chi connectivity index (χ1) is 6.18. The van der Waals surface area contributed by atoms with Crippen molar-refractivity contribution in [3.63, 3.8) is 0 Å². The molecule has 1 aromatic rings. The Kier molecular flexibility index (Phi) is 1.51. The number of nitrogen functional groups attached to an aromatic ring is 1. The molecule has 0 bridgehead atoms. The minimum absolute atomic E-state index is 0.525. The fourth-order valence-electron chi connectivity index (χ4n) is 1.25. The van der Waals surface area contributed by atoms with Gasteiger partial charge in [-0.2, -0.15) is 10.2 Å². The Morgan fingerprint density at radius 1 is 1.54 bits per heavy atom. The Morgan fingerprint density at radius 2 is 2.31 bits per heavy atom. The standard InChI is InChI=1S/C8H7N3O2/c9-4-1-2-6-5(3-4)7(8(12)13)11-10-6/h1-3,7H,9H2,(H,12,13)/t7-/m1/s1. The van der Waals surface area contributed by atoms with Gasteiger partial charge >= 0.3 is 5.97 Å². The third kappa shape index (κ3) is 1.14. The highest BCUT2D eigenvalue weighted by atomic mass is 16.4. The molecule has 1 aliphatic heterocycles. The molecule has 0 spiro atoms. The second kappa shape index (κ2) is 2.55. The van der Waals surface area contributed by atoms with E-state index in [1.165, 1.54) is 0 Å². The molecule has 0 saturated carbocycles. The van der Waals surface area contributed by atoms with Crippen LogP contribution in [0.5, 0.6) is 0 Å². The molecular weight excluding hydrogens is 170 g/mol. The van der Waals surface area contributed by atoms with Crippen molar-refractivity contribution < 1.29 is 9.90 Å². The average Bonchev–Trinajstić information content (AvgIpc) is 2.46. The van der Waals surface area contributed by atoms with Gasteiger partial charge in [0.1, 0.15) is 0 Å². The van der Waals surface area contributed by atoms with Gasteiger partial charge in [-0.1, -0.05) is 0 Å². The molecule has 0 radical (unpaired) electrons. The third-order valence-corrected chi connectivity index (χ3v) is 1.86. The van der Waals surface area contributed by atoms with Crippen molar-refractivity contribution in [2.45, 2.75) is 6.04 Å². The van der Waals surface area contributed by atoms with E-state index in [-0.39, 0.29) is 0 Å². The van der Waals surface area contributed by atoms with Crippen LogP contribution in [0, 0.1) is 0 Å². The van der Waals surface area contributed by atoms with Gasteiger partial charge in [-0.25, -0.2) is 4.79 Å². The summed E-state index contributed by atoms with van der Waals surface area (Å²) in [6.45, 7) is 0. The summed E-state index contributed by atoms with van der Waals surface area (Å²) in [6, 6.07) is 4.03. The lowest BCUT2D eigenvalue weighted by atomic mass is 10.1. The lowest BCUT2D eigenvalue weighted by molar-refractivity contribution is -0.138. The number of anilines is 1. The third-order valence-electron chi connectivity index (χ3n) is 1.86. The maximum Gasteiger partial charge on any atom is 0.335 e. The highest BCUT2D eigenvalue weighted by molar-refractivity contribution is 5.80. The molecule has 0 unspecified atom stereocenters. The molecule has 0 aliphatic carbocycles. The monoisotopic (exact) mass is 177 g/mol. The molecule has 0 fully saturated rings. The second-order valence-corrected chi connectivity index (χ2v) is 2.77. The normalized spacial score (nSPS) is 18.6. The van der Waals surface area contributed by atoms with E-state index in [2.05, 4.69) is 10.2 Å². The van der Waals surface area contributed by atoms with Crippen LogP contribution >= 0.6 is 0 Å². The number of hydrogen-bond acceptors (Lipinski definition) is 4. The topological polar surface area (TPSA) is 88.0 Å². The number of hydrogen-bond donors (Lipinski definition) is 2. The van der Waals surface area contributed by atoms with E-state index in [0.29, 0.717) is 16.9 Å². The number of carbonyl (C=O) groups is 1. The number of rotatable bonds is 1. The summed E-state index contributed by atoms with van der Waals surface area (Å²) in [5, 5.41) is 16.1. The number of nitrogens with zero attached hydrogens (tertiary/aromatic N) is 2. The molecule has 0 amide bonds. The molecule has 0 aromatic heterocycles. The van der Waals surface area contributed by atoms with Crippen LogP contribution in [-0.4, -0.2) is 11.1 Å². The minimum atomic E-state index is -1.01. The Labute approximate surface area is 73.9 Å². The van der Waals surface area contributed by atoms with Crippen molar-refractivity contribution >= 4 is 17.3 Å². The average molecular weight is 177 g/mol. The molecule has 2 rings (SSSR count). The molecule has 1 aliphatic rings. The van der Waals surface area contributed by atoms with E-state index in [9.17, 15) is 4.79 Å². The smallest absolute Gasteiger partial charge is 0.335 e. The summed E-state index contributed by atoms with van der Waals surface area (Å²) in [6.07, 6.45) is 0. The van der Waals surface area contributed by atoms with E-state index < -0.39 is 12.0 Å². The summed E-state index contributed by atoms with van der Waals surface area (Å²) in [7, 11) is 0. The van der Waals surface area contributed by atoms with E-state index in [1.54, 1.807) is 18.2 Å². The fourth-order valence-corrected chi connectivity index (χ4v) is 1.25. The first kappa shape index (κ1) is 7.72. The SMILES string of the molecule is Nc1ccc2c(c1)[C@H](C(=O)O)N=N2. The predicted molar refractivity (Wildman–Crippen MR) is 45.7 cm³/mol. The van der Waals surface area contributed by atoms with Crippen LogP contribution in [0.2, 0.25) is 0 Å². The molecule has 1 aromatic carbocycles. The Hall–Kier alpha value is -1.91. The van der Waals surface area contributed by atoms with Gasteiger partial charge < -0.3 is 10.8 Å². The number of carboxylic acids is 1. The Bertz CT molecular complexity index is 400. The van der Waals surface area contributed by atoms with Crippen LogP contribution in [0.1, 0.15) is 11.6 Å². The highest BCUT2D eigenvalue weighted by Gasteiger charge is 2.26. The molecule has 66 valence electrons. The number of azo groups is 1. The number of nitrogens with two attached hydrogens (primary N) is 1. The summed E-state index contributed by atoms with van der Waals surface area (Å²) < 4.78 is 0. The number of fused-ring (bicyclic) bond motifs is 1. The van der Waals surface area contributed by atoms with Gasteiger partial charge in [0.15, 0.2) is 6.04 Å². The van der Waals surface area contributed by atoms with Gasteiger partial charge in [-0.15, -0.1) is 0 Å². The van der Waals surface area contributed by atoms with E-state index >= 15 is 0 Å². The maximum absolute atomic E-state index is 10.7. The predicted octanol–water partition coefficient (Wildman–Crippen LogP) is 1.49. The van der Waals surface area contributed by atoms with Gasteiger partial charge in [-0.3, -0.25) is 0 Å². The van der Waals surface area contributed by atoms with Crippen molar-refractivity contribution in [3.8, 4) is 0 Å². The summed E-state index contributed by atoms with van der Waals surface area (Å²) in [5.74, 6) is -1.01. The Morgan fingerprint density at radius 3 is 3.00 bits per heavy atom. The van der Waals surface area contributed by atoms with Crippen molar-refractivity contribution in [2.24, 2.45) is 10.2 Å². The quantitative estimate of drug-likeness (QED) is 0.637. The molecule has 3 N–H and O–H groups in total. The lowest BCUT2D eigenvalue weighted by Crippen LogP contribution is -2.06. The van der Waals surface area contributed by atoms with E-state index in [1.807, 2.05) is 0 Å². The van der Waals surface area contributed by atoms with Crippen molar-refractivity contribution in [2.75, 3.05) is 5.73 Å². The molecule has 1 heterocycles. The van der Waals surface area contributed by atoms with E-state index in [0.717, 1.165) is 0 Å². The number of aliphatic carboxylic acids is 1. The van der Waals surface area contributed by atoms with Crippen molar-refractivity contribution in [1.29, 1.82) is 0 Å². The number of benzene rings is 1. The van der Waals surface area contributed by atoms with Gasteiger partial charge in [0, 0.05) is 11.3 Å². The fraction of sp³-hybridized carbons (Fsp3) is 0.125. The molecular formula is C8H7N3O2. The van der Waals surface area contributed by atoms with E-state index in [4.69, 9.17) is 10.8 Å². The van der Waals surface area contributed by atoms with Crippen LogP contribution in [0.3, 0.4) is 0 Å². The van der Waals surface area contributed by atoms with Crippen molar-refractivity contribution in [1.82, 2.24) is 0 Å². The van der Waals surface area contributed by atoms with Gasteiger partial charge in [0.25, 0.3) is 0 Å². The molecule has 0 saturated heterocycles. The molecule has 5 heteroatoms. The molecule has 1 atom stereocenters. The van der Waals surface area contributed by atoms with Gasteiger partial charge in [0.05, 0.1) is 5.69 Å². The zero-order chi connectivity index (χ0) is 9.42. The van der Waals surface area contributed by atoms with Gasteiger partial charge in [-0.05, 0) is 18.2 Å². The molecule has 13 heavy (non-hydrogen) atoms. The first-order valence-electron chi connectivity index (χ1n) is 3.71. The van der Waals surface area contributed by atoms with Crippen molar-refractivity contribution in [3.05, 3.63) is 23.8 Å². The van der Waals surface area contributed by atoms with Crippen LogP contribution in [0.15, 0.2) is 28.4 Å². The summed E-state index contributed by atoms with van der Waals surface area (Å²) in [4.78, 5) is 10.7. The number of carboxylic acid groups (broad SMARTS) is 1. The summed E-state index contributed by atoms with van der Waals surface area (Å²) in [5.41, 5.74) is 7.19. The van der Waals surface area contributed by atoms with Crippen LogP contribution < -0.4 is 5.73 Å². The zero-order valence-electron chi connectivity index (χ0n) is 6.64. The zero-order valence-corrected chi connectivity index (χ0v) is 6.64. The Balaban J connectivity index is 2.51. The highest BCUT2D eigenvalue weighted by Crippen LogP contribution is 2.36. The second-order valence-electron chi connectivity index (χ2n) is 2.77. The lowest BCUT2D eigenvalue weighted by Gasteiger charge is -2.02. The summed E-state index contributed by atoms with van der Waals surface area (Å²) >= 11 is 0. The van der Waals surface area contributed by atoms with Crippen LogP contribution in [0.4, 0.5) is 11.4 Å². The minimum Gasteiger partial charge on any atom is -0.479 e. The first-order valence-corrected chi connectivity index (χ1v) is 3.71. The molecule has 5 nitrogen and oxygen atoms in total. The largest absolute Gasteiger partial charge is 0.479 e.